The van der Waals surface area contributed by atoms with Crippen LogP contribution in [0.5, 0.6) is 0 Å². The van der Waals surface area contributed by atoms with Crippen LogP contribution in [0.4, 0.5) is 0 Å². The number of aliphatic hydroxyl groups is 1. The van der Waals surface area contributed by atoms with Crippen molar-refractivity contribution < 1.29 is 9.84 Å². The molecular weight excluding hydrogens is 326 g/mol. The van der Waals surface area contributed by atoms with E-state index in [1.807, 2.05) is 0 Å². The molecule has 10 heteroatoms. The van der Waals surface area contributed by atoms with Gasteiger partial charge in [-0.2, -0.15) is 0 Å². The molecule has 0 bridgehead atoms. The Morgan fingerprint density at radius 3 is 3.00 bits per heavy atom. The molecular formula is C13H16ClN5O4. The molecule has 0 saturated carbocycles. The minimum atomic E-state index is -0.618. The second kappa shape index (κ2) is 6.26. The standard InChI is InChI=1S/C13H16ClN5O4/c1-7-5-18(13(22)16-12(7)21)11-2-9(10(6-20)23-11)19-8(3-14)4-15-17-19/h4-5,9-11,20H,2-3,6H2,1H3,(H,16,21,22)/t9-,10+,11+/m0/s1. The van der Waals surface area contributed by atoms with Gasteiger partial charge in [-0.3, -0.25) is 14.3 Å². The lowest BCUT2D eigenvalue weighted by atomic mass is 10.1. The second-order valence-electron chi connectivity index (χ2n) is 5.40. The first-order chi connectivity index (χ1) is 11.0. The SMILES string of the molecule is Cc1cn([C@H]2C[C@H](n3nncc3CCl)[C@@H](CO)O2)c(=O)[nH]c1=O. The van der Waals surface area contributed by atoms with Crippen molar-refractivity contribution in [2.45, 2.75) is 37.6 Å². The van der Waals surface area contributed by atoms with Gasteiger partial charge in [-0.05, 0) is 6.92 Å². The summed E-state index contributed by atoms with van der Waals surface area (Å²) < 4.78 is 8.69. The van der Waals surface area contributed by atoms with Gasteiger partial charge in [-0.15, -0.1) is 16.7 Å². The van der Waals surface area contributed by atoms with Crippen LogP contribution in [0.25, 0.3) is 0 Å². The van der Waals surface area contributed by atoms with E-state index in [-0.39, 0.29) is 18.5 Å². The number of ether oxygens (including phenoxy) is 1. The van der Waals surface area contributed by atoms with E-state index in [4.69, 9.17) is 16.3 Å². The highest BCUT2D eigenvalue weighted by atomic mass is 35.5. The average molecular weight is 342 g/mol. The van der Waals surface area contributed by atoms with Crippen molar-refractivity contribution >= 4 is 11.6 Å². The molecule has 124 valence electrons. The molecule has 2 N–H and O–H groups in total. The van der Waals surface area contributed by atoms with Crippen LogP contribution < -0.4 is 11.2 Å². The van der Waals surface area contributed by atoms with Gasteiger partial charge in [0.25, 0.3) is 5.56 Å². The lowest BCUT2D eigenvalue weighted by Gasteiger charge is -2.17. The van der Waals surface area contributed by atoms with E-state index >= 15 is 0 Å². The van der Waals surface area contributed by atoms with Crippen LogP contribution in [-0.4, -0.2) is 42.4 Å². The van der Waals surface area contributed by atoms with Gasteiger partial charge in [0.05, 0.1) is 30.4 Å². The molecule has 0 spiro atoms. The van der Waals surface area contributed by atoms with Crippen LogP contribution in [0, 0.1) is 6.92 Å². The smallest absolute Gasteiger partial charge is 0.330 e. The van der Waals surface area contributed by atoms with Gasteiger partial charge >= 0.3 is 5.69 Å². The number of alkyl halides is 1. The van der Waals surface area contributed by atoms with Gasteiger partial charge in [-0.1, -0.05) is 5.21 Å². The molecule has 1 fully saturated rings. The topological polar surface area (TPSA) is 115 Å². The highest BCUT2D eigenvalue weighted by molar-refractivity contribution is 6.16. The van der Waals surface area contributed by atoms with E-state index in [0.29, 0.717) is 17.7 Å². The number of nitrogens with zero attached hydrogens (tertiary/aromatic N) is 4. The van der Waals surface area contributed by atoms with Crippen LogP contribution in [-0.2, 0) is 10.6 Å². The summed E-state index contributed by atoms with van der Waals surface area (Å²) in [7, 11) is 0. The third kappa shape index (κ3) is 2.82. The van der Waals surface area contributed by atoms with Gasteiger partial charge in [0.15, 0.2) is 0 Å². The van der Waals surface area contributed by atoms with E-state index in [2.05, 4.69) is 15.3 Å². The summed E-state index contributed by atoms with van der Waals surface area (Å²) in [6.07, 6.45) is 2.22. The van der Waals surface area contributed by atoms with Crippen molar-refractivity contribution in [3.05, 3.63) is 44.5 Å². The molecule has 0 amide bonds. The average Bonchev–Trinajstić information content (AvgIpc) is 3.16. The fourth-order valence-corrected chi connectivity index (χ4v) is 2.94. The predicted octanol–water partition coefficient (Wildman–Crippen LogP) is -0.304. The van der Waals surface area contributed by atoms with E-state index in [1.54, 1.807) is 17.8 Å². The zero-order valence-electron chi connectivity index (χ0n) is 12.3. The quantitative estimate of drug-likeness (QED) is 0.737. The normalized spacial score (nSPS) is 24.2. The van der Waals surface area contributed by atoms with E-state index in [0.717, 1.165) is 0 Å². The van der Waals surface area contributed by atoms with Crippen molar-refractivity contribution in [3.8, 4) is 0 Å². The number of aromatic amines is 1. The fraction of sp³-hybridized carbons (Fsp3) is 0.538. The summed E-state index contributed by atoms with van der Waals surface area (Å²) >= 11 is 5.86. The molecule has 23 heavy (non-hydrogen) atoms. The summed E-state index contributed by atoms with van der Waals surface area (Å²) in [4.78, 5) is 25.7. The van der Waals surface area contributed by atoms with Crippen molar-refractivity contribution in [3.63, 3.8) is 0 Å². The third-order valence-corrected chi connectivity index (χ3v) is 4.21. The summed E-state index contributed by atoms with van der Waals surface area (Å²) in [5.41, 5.74) is 0.114. The zero-order chi connectivity index (χ0) is 16.6. The molecule has 1 saturated heterocycles. The number of halogens is 1. The molecule has 0 radical (unpaired) electrons. The van der Waals surface area contributed by atoms with Gasteiger partial charge in [0, 0.05) is 18.2 Å². The number of hydrogen-bond donors (Lipinski definition) is 2. The first kappa shape index (κ1) is 15.9. The van der Waals surface area contributed by atoms with Crippen molar-refractivity contribution in [1.82, 2.24) is 24.5 Å². The molecule has 0 aromatic carbocycles. The Hall–Kier alpha value is -1.97. The molecule has 0 aliphatic carbocycles. The third-order valence-electron chi connectivity index (χ3n) is 3.94. The summed E-state index contributed by atoms with van der Waals surface area (Å²) in [5.74, 6) is 0.226. The molecule has 1 aliphatic rings. The molecule has 2 aromatic heterocycles. The van der Waals surface area contributed by atoms with Gasteiger partial charge in [-0.25, -0.2) is 9.48 Å². The van der Waals surface area contributed by atoms with Gasteiger partial charge in [0.2, 0.25) is 0 Å². The maximum absolute atomic E-state index is 12.0. The number of aromatic nitrogens is 5. The van der Waals surface area contributed by atoms with Crippen molar-refractivity contribution in [2.75, 3.05) is 6.61 Å². The molecule has 9 nitrogen and oxygen atoms in total. The second-order valence-corrected chi connectivity index (χ2v) is 5.66. The number of aryl methyl sites for hydroxylation is 1. The van der Waals surface area contributed by atoms with Crippen molar-refractivity contribution in [1.29, 1.82) is 0 Å². The first-order valence-corrected chi connectivity index (χ1v) is 7.62. The van der Waals surface area contributed by atoms with Crippen LogP contribution in [0.1, 0.15) is 29.9 Å². The summed E-state index contributed by atoms with van der Waals surface area (Å²) in [5, 5.41) is 17.4. The van der Waals surface area contributed by atoms with Crippen LogP contribution in [0.3, 0.4) is 0 Å². The Morgan fingerprint density at radius 2 is 2.30 bits per heavy atom. The summed E-state index contributed by atoms with van der Waals surface area (Å²) in [6.45, 7) is 1.37. The Morgan fingerprint density at radius 1 is 1.52 bits per heavy atom. The zero-order valence-corrected chi connectivity index (χ0v) is 13.1. The van der Waals surface area contributed by atoms with E-state index in [9.17, 15) is 14.7 Å². The number of nitrogens with one attached hydrogen (secondary N) is 1. The number of H-pyrrole nitrogens is 1. The molecule has 1 aliphatic heterocycles. The van der Waals surface area contributed by atoms with Crippen LogP contribution >= 0.6 is 11.6 Å². The lowest BCUT2D eigenvalue weighted by molar-refractivity contribution is -0.0325. The molecule has 3 atom stereocenters. The molecule has 3 rings (SSSR count). The molecule has 2 aromatic rings. The van der Waals surface area contributed by atoms with Crippen LogP contribution in [0.2, 0.25) is 0 Å². The number of rotatable bonds is 4. The summed E-state index contributed by atoms with van der Waals surface area (Å²) in [6, 6.07) is -0.305. The molecule has 3 heterocycles. The predicted molar refractivity (Wildman–Crippen MR) is 80.3 cm³/mol. The molecule has 0 unspecified atom stereocenters. The monoisotopic (exact) mass is 341 g/mol. The maximum atomic E-state index is 12.0. The van der Waals surface area contributed by atoms with Gasteiger partial charge < -0.3 is 9.84 Å². The Kier molecular flexibility index (Phi) is 4.33. The van der Waals surface area contributed by atoms with Crippen molar-refractivity contribution in [2.24, 2.45) is 0 Å². The highest BCUT2D eigenvalue weighted by Gasteiger charge is 2.39. The maximum Gasteiger partial charge on any atom is 0.330 e. The first-order valence-electron chi connectivity index (χ1n) is 7.08. The van der Waals surface area contributed by atoms with E-state index < -0.39 is 23.6 Å². The largest absolute Gasteiger partial charge is 0.394 e. The lowest BCUT2D eigenvalue weighted by Crippen LogP contribution is -2.33. The fourth-order valence-electron chi connectivity index (χ4n) is 2.75. The number of hydrogen-bond acceptors (Lipinski definition) is 6. The Bertz CT molecular complexity index is 813. The highest BCUT2D eigenvalue weighted by Crippen LogP contribution is 2.36. The Balaban J connectivity index is 1.95. The minimum Gasteiger partial charge on any atom is -0.394 e. The number of aliphatic hydroxyl groups excluding tert-OH is 1. The Labute approximate surface area is 135 Å². The van der Waals surface area contributed by atoms with E-state index in [1.165, 1.54) is 10.8 Å². The van der Waals surface area contributed by atoms with Crippen LogP contribution in [0.15, 0.2) is 22.0 Å². The van der Waals surface area contributed by atoms with Gasteiger partial charge in [0.1, 0.15) is 12.3 Å². The minimum absolute atomic E-state index is 0.226.